The Morgan fingerprint density at radius 2 is 2.00 bits per heavy atom. The highest BCUT2D eigenvalue weighted by atomic mass is 79.9. The van der Waals surface area contributed by atoms with E-state index in [0.29, 0.717) is 18.2 Å². The van der Waals surface area contributed by atoms with Gasteiger partial charge in [-0.25, -0.2) is 0 Å². The molecule has 1 aromatic carbocycles. The molecule has 0 unspecified atom stereocenters. The molecule has 0 atom stereocenters. The van der Waals surface area contributed by atoms with Crippen molar-refractivity contribution in [3.63, 3.8) is 0 Å². The van der Waals surface area contributed by atoms with Gasteiger partial charge >= 0.3 is 0 Å². The van der Waals surface area contributed by atoms with Gasteiger partial charge in [-0.1, -0.05) is 18.2 Å². The number of nitrogens with one attached hydrogen (secondary N) is 1. The summed E-state index contributed by atoms with van der Waals surface area (Å²) in [6.45, 7) is 7.56. The average molecular weight is 384 g/mol. The van der Waals surface area contributed by atoms with Gasteiger partial charge in [0.2, 0.25) is 0 Å². The molecule has 0 aliphatic carbocycles. The lowest BCUT2D eigenvalue weighted by Gasteiger charge is -2.11. The second-order valence-corrected chi connectivity index (χ2v) is 5.69. The molecule has 5 heteroatoms. The summed E-state index contributed by atoms with van der Waals surface area (Å²) in [6.07, 6.45) is 0. The maximum Gasteiger partial charge on any atom is 0.147 e. The van der Waals surface area contributed by atoms with E-state index in [4.69, 9.17) is 16.3 Å². The smallest absolute Gasteiger partial charge is 0.147 e. The largest absolute Gasteiger partial charge is 0.492 e. The van der Waals surface area contributed by atoms with Gasteiger partial charge in [0, 0.05) is 18.1 Å². The van der Waals surface area contributed by atoms with Crippen LogP contribution in [0, 0.1) is 0 Å². The lowest BCUT2D eigenvalue weighted by Crippen LogP contribution is -2.14. The Bertz CT molecular complexity index is 386. The van der Waals surface area contributed by atoms with Crippen LogP contribution in [-0.4, -0.2) is 13.2 Å². The third-order valence-electron chi connectivity index (χ3n) is 1.99. The zero-order chi connectivity index (χ0) is 12.8. The number of hydrogen-bond donors (Lipinski definition) is 1. The lowest BCUT2D eigenvalue weighted by atomic mass is 10.2. The van der Waals surface area contributed by atoms with Gasteiger partial charge in [0.25, 0.3) is 0 Å². The summed E-state index contributed by atoms with van der Waals surface area (Å²) in [5.74, 6) is 0.831. The highest BCUT2D eigenvalue weighted by Crippen LogP contribution is 2.34. The lowest BCUT2D eigenvalue weighted by molar-refractivity contribution is 0.336. The minimum atomic E-state index is 0.601. The molecule has 2 nitrogen and oxygen atoms in total. The predicted molar refractivity (Wildman–Crippen MR) is 79.7 cm³/mol. The van der Waals surface area contributed by atoms with E-state index in [9.17, 15) is 0 Å². The van der Waals surface area contributed by atoms with E-state index < -0.39 is 0 Å². The van der Waals surface area contributed by atoms with Gasteiger partial charge in [-0.3, -0.25) is 0 Å². The van der Waals surface area contributed by atoms with E-state index in [2.05, 4.69) is 43.8 Å². The first-order valence-electron chi connectivity index (χ1n) is 5.19. The van der Waals surface area contributed by atoms with Gasteiger partial charge in [0.15, 0.2) is 0 Å². The number of halogens is 3. The molecule has 94 valence electrons. The minimum Gasteiger partial charge on any atom is -0.492 e. The molecular weight excluding hydrogens is 369 g/mol. The van der Waals surface area contributed by atoms with Crippen molar-refractivity contribution in [3.05, 3.63) is 38.3 Å². The molecule has 17 heavy (non-hydrogen) atoms. The molecule has 1 N–H and O–H groups in total. The van der Waals surface area contributed by atoms with Crippen molar-refractivity contribution in [2.24, 2.45) is 0 Å². The maximum absolute atomic E-state index is 5.68. The van der Waals surface area contributed by atoms with Crippen molar-refractivity contribution >= 4 is 43.5 Å². The third kappa shape index (κ3) is 5.00. The van der Waals surface area contributed by atoms with E-state index in [0.717, 1.165) is 26.8 Å². The average Bonchev–Trinajstić information content (AvgIpc) is 2.23. The van der Waals surface area contributed by atoms with Gasteiger partial charge in [0.1, 0.15) is 5.75 Å². The zero-order valence-electron chi connectivity index (χ0n) is 9.53. The Hall–Kier alpha value is -0.0300. The molecule has 0 amide bonds. The fraction of sp³-hybridized carbons (Fsp3) is 0.333. The van der Waals surface area contributed by atoms with E-state index in [-0.39, 0.29) is 0 Å². The standard InChI is InChI=1S/C12H14Br2ClNO/c1-3-17-12-10(13)4-9(5-11(12)14)7-16-6-8(2)15/h4-5,16H,2-3,6-7H2,1H3. The molecule has 0 aliphatic heterocycles. The number of rotatable bonds is 6. The van der Waals surface area contributed by atoms with Gasteiger partial charge in [-0.05, 0) is 56.5 Å². The first kappa shape index (κ1) is 15.0. The van der Waals surface area contributed by atoms with Crippen LogP contribution in [0.1, 0.15) is 12.5 Å². The zero-order valence-corrected chi connectivity index (χ0v) is 13.5. The maximum atomic E-state index is 5.68. The van der Waals surface area contributed by atoms with Crippen molar-refractivity contribution in [1.82, 2.24) is 5.32 Å². The number of hydrogen-bond acceptors (Lipinski definition) is 2. The molecule has 0 spiro atoms. The molecule has 0 aromatic heterocycles. The summed E-state index contributed by atoms with van der Waals surface area (Å²) in [5.41, 5.74) is 1.14. The second kappa shape index (κ2) is 7.41. The first-order valence-corrected chi connectivity index (χ1v) is 7.15. The van der Waals surface area contributed by atoms with Crippen LogP contribution in [0.25, 0.3) is 0 Å². The van der Waals surface area contributed by atoms with Gasteiger partial charge in [-0.2, -0.15) is 0 Å². The van der Waals surface area contributed by atoms with E-state index in [1.807, 2.05) is 19.1 Å². The molecule has 0 radical (unpaired) electrons. The third-order valence-corrected chi connectivity index (χ3v) is 3.30. The number of benzene rings is 1. The van der Waals surface area contributed by atoms with Crippen molar-refractivity contribution in [2.45, 2.75) is 13.5 Å². The van der Waals surface area contributed by atoms with Gasteiger partial charge < -0.3 is 10.1 Å². The fourth-order valence-corrected chi connectivity index (χ4v) is 2.94. The van der Waals surface area contributed by atoms with Crippen LogP contribution in [-0.2, 0) is 6.54 Å². The Morgan fingerprint density at radius 1 is 1.41 bits per heavy atom. The molecule has 0 saturated heterocycles. The molecule has 1 rings (SSSR count). The van der Waals surface area contributed by atoms with Crippen LogP contribution in [0.2, 0.25) is 0 Å². The van der Waals surface area contributed by atoms with Gasteiger partial charge in [-0.15, -0.1) is 0 Å². The topological polar surface area (TPSA) is 21.3 Å². The Balaban J connectivity index is 2.72. The van der Waals surface area contributed by atoms with Crippen molar-refractivity contribution < 1.29 is 4.74 Å². The number of ether oxygens (including phenoxy) is 1. The molecule has 1 aromatic rings. The summed E-state index contributed by atoms with van der Waals surface area (Å²) in [5, 5.41) is 3.80. The first-order chi connectivity index (χ1) is 8.04. The second-order valence-electron chi connectivity index (χ2n) is 3.44. The Morgan fingerprint density at radius 3 is 2.47 bits per heavy atom. The van der Waals surface area contributed by atoms with E-state index in [1.165, 1.54) is 0 Å². The van der Waals surface area contributed by atoms with Crippen LogP contribution in [0.3, 0.4) is 0 Å². The summed E-state index contributed by atoms with van der Waals surface area (Å²) in [6, 6.07) is 4.06. The van der Waals surface area contributed by atoms with Crippen LogP contribution >= 0.6 is 43.5 Å². The van der Waals surface area contributed by atoms with Crippen LogP contribution < -0.4 is 10.1 Å². The minimum absolute atomic E-state index is 0.601. The molecular formula is C12H14Br2ClNO. The normalized spacial score (nSPS) is 10.4. The summed E-state index contributed by atoms with van der Waals surface area (Å²) in [7, 11) is 0. The summed E-state index contributed by atoms with van der Waals surface area (Å²) in [4.78, 5) is 0. The molecule has 0 bridgehead atoms. The van der Waals surface area contributed by atoms with Crippen molar-refractivity contribution in [2.75, 3.05) is 13.2 Å². The Labute approximate surface area is 124 Å². The summed E-state index contributed by atoms with van der Waals surface area (Å²) < 4.78 is 7.40. The van der Waals surface area contributed by atoms with Crippen LogP contribution in [0.4, 0.5) is 0 Å². The van der Waals surface area contributed by atoms with Crippen molar-refractivity contribution in [3.8, 4) is 5.75 Å². The predicted octanol–water partition coefficient (Wildman–Crippen LogP) is 4.45. The van der Waals surface area contributed by atoms with Crippen molar-refractivity contribution in [1.29, 1.82) is 0 Å². The highest BCUT2D eigenvalue weighted by molar-refractivity contribution is 9.11. The van der Waals surface area contributed by atoms with E-state index >= 15 is 0 Å². The van der Waals surface area contributed by atoms with Crippen LogP contribution in [0.15, 0.2) is 32.7 Å². The molecule has 0 saturated carbocycles. The molecule has 0 aliphatic rings. The van der Waals surface area contributed by atoms with Crippen LogP contribution in [0.5, 0.6) is 5.75 Å². The quantitative estimate of drug-likeness (QED) is 0.784. The summed E-state index contributed by atoms with van der Waals surface area (Å²) >= 11 is 12.7. The van der Waals surface area contributed by atoms with E-state index in [1.54, 1.807) is 0 Å². The monoisotopic (exact) mass is 381 g/mol. The highest BCUT2D eigenvalue weighted by Gasteiger charge is 2.08. The van der Waals surface area contributed by atoms with Gasteiger partial charge in [0.05, 0.1) is 15.6 Å². The Kier molecular flexibility index (Phi) is 6.55. The molecule has 0 fully saturated rings. The molecule has 0 heterocycles. The SMILES string of the molecule is C=C(Cl)CNCc1cc(Br)c(OCC)c(Br)c1. The fourth-order valence-electron chi connectivity index (χ4n) is 1.34.